The predicted molar refractivity (Wildman–Crippen MR) is 52.3 cm³/mol. The van der Waals surface area contributed by atoms with Gasteiger partial charge in [-0.1, -0.05) is 6.92 Å². The van der Waals surface area contributed by atoms with E-state index in [0.29, 0.717) is 18.5 Å². The maximum atomic E-state index is 11.1. The van der Waals surface area contributed by atoms with Crippen LogP contribution in [0.3, 0.4) is 0 Å². The van der Waals surface area contributed by atoms with Crippen LogP contribution in [0.2, 0.25) is 0 Å². The van der Waals surface area contributed by atoms with Gasteiger partial charge in [-0.15, -0.1) is 0 Å². The number of hydrogen-bond donors (Lipinski definition) is 2. The maximum absolute atomic E-state index is 11.1. The Hall–Kier alpha value is -0.610. The van der Waals surface area contributed by atoms with E-state index in [0.717, 1.165) is 19.5 Å². The van der Waals surface area contributed by atoms with E-state index in [1.807, 2.05) is 0 Å². The quantitative estimate of drug-likeness (QED) is 0.604. The molecule has 1 aliphatic heterocycles. The molecule has 0 aromatic carbocycles. The summed E-state index contributed by atoms with van der Waals surface area (Å²) in [5.41, 5.74) is 5.88. The lowest BCUT2D eigenvalue weighted by atomic mass is 9.95. The fourth-order valence-electron chi connectivity index (χ4n) is 1.68. The van der Waals surface area contributed by atoms with Gasteiger partial charge in [-0.3, -0.25) is 9.69 Å². The summed E-state index contributed by atoms with van der Waals surface area (Å²) in [7, 11) is 1.67. The average molecular weight is 185 g/mol. The van der Waals surface area contributed by atoms with Gasteiger partial charge in [0, 0.05) is 26.2 Å². The molecule has 1 amide bonds. The number of likely N-dealkylation sites (N-methyl/N-ethyl adjacent to an activating group) is 1. The van der Waals surface area contributed by atoms with Crippen LogP contribution in [0.1, 0.15) is 13.3 Å². The minimum atomic E-state index is 0.0858. The molecule has 0 bridgehead atoms. The first-order chi connectivity index (χ1) is 6.13. The first-order valence-electron chi connectivity index (χ1n) is 4.82. The summed E-state index contributed by atoms with van der Waals surface area (Å²) in [5.74, 6) is 0.584. The first-order valence-corrected chi connectivity index (χ1v) is 4.82. The van der Waals surface area contributed by atoms with Crippen LogP contribution in [-0.2, 0) is 4.79 Å². The van der Waals surface area contributed by atoms with Gasteiger partial charge in [-0.2, -0.15) is 0 Å². The number of amides is 1. The van der Waals surface area contributed by atoms with Gasteiger partial charge in [0.1, 0.15) is 0 Å². The zero-order valence-corrected chi connectivity index (χ0v) is 8.42. The Bertz CT molecular complexity index is 184. The van der Waals surface area contributed by atoms with Crippen molar-refractivity contribution in [2.24, 2.45) is 11.7 Å². The Kier molecular flexibility index (Phi) is 3.69. The molecule has 4 heteroatoms. The van der Waals surface area contributed by atoms with Crippen LogP contribution in [0.15, 0.2) is 0 Å². The topological polar surface area (TPSA) is 58.4 Å². The van der Waals surface area contributed by atoms with Crippen LogP contribution in [-0.4, -0.2) is 43.5 Å². The zero-order chi connectivity index (χ0) is 9.84. The van der Waals surface area contributed by atoms with Crippen molar-refractivity contribution in [2.75, 3.05) is 26.7 Å². The van der Waals surface area contributed by atoms with Gasteiger partial charge in [-0.25, -0.2) is 0 Å². The van der Waals surface area contributed by atoms with Crippen LogP contribution >= 0.6 is 0 Å². The molecule has 0 spiro atoms. The van der Waals surface area contributed by atoms with Crippen molar-refractivity contribution in [1.82, 2.24) is 10.2 Å². The molecule has 0 aromatic heterocycles. The van der Waals surface area contributed by atoms with E-state index in [2.05, 4.69) is 17.1 Å². The summed E-state index contributed by atoms with van der Waals surface area (Å²) in [6.07, 6.45) is 0.998. The molecule has 1 rings (SSSR count). The van der Waals surface area contributed by atoms with Gasteiger partial charge >= 0.3 is 0 Å². The van der Waals surface area contributed by atoms with Crippen molar-refractivity contribution in [3.63, 3.8) is 0 Å². The third-order valence-electron chi connectivity index (χ3n) is 2.70. The fraction of sp³-hybridized carbons (Fsp3) is 0.889. The molecule has 1 saturated heterocycles. The second-order valence-electron chi connectivity index (χ2n) is 3.84. The number of rotatable bonds is 2. The lowest BCUT2D eigenvalue weighted by Gasteiger charge is -2.34. The number of nitrogens with two attached hydrogens (primary N) is 1. The van der Waals surface area contributed by atoms with E-state index in [4.69, 9.17) is 5.73 Å². The number of nitrogens with zero attached hydrogens (tertiary/aromatic N) is 1. The summed E-state index contributed by atoms with van der Waals surface area (Å²) >= 11 is 0. The normalized spacial score (nSPS) is 30.1. The average Bonchev–Trinajstić information content (AvgIpc) is 2.11. The van der Waals surface area contributed by atoms with Crippen molar-refractivity contribution in [1.29, 1.82) is 0 Å². The highest BCUT2D eigenvalue weighted by Crippen LogP contribution is 2.13. The number of nitrogens with one attached hydrogen (secondary N) is 1. The monoisotopic (exact) mass is 185 g/mol. The van der Waals surface area contributed by atoms with Crippen molar-refractivity contribution in [2.45, 2.75) is 19.4 Å². The fourth-order valence-corrected chi connectivity index (χ4v) is 1.68. The zero-order valence-electron chi connectivity index (χ0n) is 8.42. The summed E-state index contributed by atoms with van der Waals surface area (Å²) in [4.78, 5) is 13.2. The second-order valence-corrected chi connectivity index (χ2v) is 3.84. The lowest BCUT2D eigenvalue weighted by molar-refractivity contribution is -0.122. The molecular formula is C9H19N3O. The highest BCUT2D eigenvalue weighted by molar-refractivity contribution is 5.77. The van der Waals surface area contributed by atoms with E-state index in [9.17, 15) is 4.79 Å². The minimum absolute atomic E-state index is 0.0858. The molecule has 0 aromatic rings. The van der Waals surface area contributed by atoms with Gasteiger partial charge in [0.25, 0.3) is 0 Å². The molecule has 2 atom stereocenters. The Balaban J connectivity index is 2.33. The van der Waals surface area contributed by atoms with Gasteiger partial charge in [0.05, 0.1) is 6.54 Å². The number of hydrogen-bond acceptors (Lipinski definition) is 3. The van der Waals surface area contributed by atoms with E-state index in [1.165, 1.54) is 0 Å². The number of likely N-dealkylation sites (tertiary alicyclic amines) is 1. The highest BCUT2D eigenvalue weighted by Gasteiger charge is 2.23. The molecule has 1 fully saturated rings. The van der Waals surface area contributed by atoms with Gasteiger partial charge in [0.2, 0.25) is 5.91 Å². The Labute approximate surface area is 79.5 Å². The highest BCUT2D eigenvalue weighted by atomic mass is 16.1. The molecule has 13 heavy (non-hydrogen) atoms. The van der Waals surface area contributed by atoms with Crippen molar-refractivity contribution in [3.8, 4) is 0 Å². The van der Waals surface area contributed by atoms with E-state index >= 15 is 0 Å². The van der Waals surface area contributed by atoms with Gasteiger partial charge in [0.15, 0.2) is 0 Å². The maximum Gasteiger partial charge on any atom is 0.233 e. The largest absolute Gasteiger partial charge is 0.358 e. The smallest absolute Gasteiger partial charge is 0.233 e. The summed E-state index contributed by atoms with van der Waals surface area (Å²) in [5, 5.41) is 2.63. The molecule has 2 unspecified atom stereocenters. The lowest BCUT2D eigenvalue weighted by Crippen LogP contribution is -2.48. The molecular weight excluding hydrogens is 166 g/mol. The standard InChI is InChI=1S/C9H19N3O/c1-7-5-12(4-3-8(7)10)6-9(13)11-2/h7-8H,3-6,10H2,1-2H3,(H,11,13). The SMILES string of the molecule is CNC(=O)CN1CCC(N)C(C)C1. The number of carbonyl (C=O) groups is 1. The van der Waals surface area contributed by atoms with Crippen molar-refractivity contribution < 1.29 is 4.79 Å². The Morgan fingerprint density at radius 2 is 2.38 bits per heavy atom. The van der Waals surface area contributed by atoms with Crippen molar-refractivity contribution >= 4 is 5.91 Å². The van der Waals surface area contributed by atoms with Crippen LogP contribution in [0.5, 0.6) is 0 Å². The van der Waals surface area contributed by atoms with Gasteiger partial charge in [-0.05, 0) is 12.3 Å². The molecule has 76 valence electrons. The number of carbonyl (C=O) groups excluding carboxylic acids is 1. The minimum Gasteiger partial charge on any atom is -0.358 e. The summed E-state index contributed by atoms with van der Waals surface area (Å²) in [6.45, 7) is 4.53. The van der Waals surface area contributed by atoms with Crippen LogP contribution in [0, 0.1) is 5.92 Å². The molecule has 1 heterocycles. The van der Waals surface area contributed by atoms with E-state index < -0.39 is 0 Å². The van der Waals surface area contributed by atoms with Crippen LogP contribution in [0.25, 0.3) is 0 Å². The Morgan fingerprint density at radius 3 is 2.92 bits per heavy atom. The number of piperidine rings is 1. The molecule has 0 aliphatic carbocycles. The predicted octanol–water partition coefficient (Wildman–Crippen LogP) is -0.598. The van der Waals surface area contributed by atoms with Crippen LogP contribution in [0.4, 0.5) is 0 Å². The molecule has 3 N–H and O–H groups in total. The third-order valence-corrected chi connectivity index (χ3v) is 2.70. The first kappa shape index (κ1) is 10.5. The van der Waals surface area contributed by atoms with Crippen LogP contribution < -0.4 is 11.1 Å². The second kappa shape index (κ2) is 4.58. The molecule has 4 nitrogen and oxygen atoms in total. The Morgan fingerprint density at radius 1 is 1.69 bits per heavy atom. The van der Waals surface area contributed by atoms with E-state index in [1.54, 1.807) is 7.05 Å². The van der Waals surface area contributed by atoms with Gasteiger partial charge < -0.3 is 11.1 Å². The summed E-state index contributed by atoms with van der Waals surface area (Å²) < 4.78 is 0. The molecule has 0 saturated carbocycles. The van der Waals surface area contributed by atoms with Crippen molar-refractivity contribution in [3.05, 3.63) is 0 Å². The third kappa shape index (κ3) is 2.97. The molecule has 1 aliphatic rings. The molecule has 0 radical (unpaired) electrons. The summed E-state index contributed by atoms with van der Waals surface area (Å²) in [6, 6.07) is 0.306. The van der Waals surface area contributed by atoms with E-state index in [-0.39, 0.29) is 5.91 Å².